The van der Waals surface area contributed by atoms with Crippen LogP contribution >= 0.6 is 0 Å². The van der Waals surface area contributed by atoms with Gasteiger partial charge in [-0.25, -0.2) is 0 Å². The van der Waals surface area contributed by atoms with Gasteiger partial charge >= 0.3 is 0 Å². The first-order valence-electron chi connectivity index (χ1n) is 16.3. The fraction of sp³-hybridized carbons (Fsp3) is 0.0667. The highest BCUT2D eigenvalue weighted by atomic mass is 15.0. The van der Waals surface area contributed by atoms with Crippen LogP contribution in [0.2, 0.25) is 0 Å². The van der Waals surface area contributed by atoms with Crippen LogP contribution in [0.4, 0.5) is 0 Å². The number of fused-ring (bicyclic) bond motifs is 9. The van der Waals surface area contributed by atoms with E-state index < -0.39 is 0 Å². The van der Waals surface area contributed by atoms with Crippen molar-refractivity contribution in [3.63, 3.8) is 0 Å². The molecule has 1 nitrogen and oxygen atoms in total. The predicted molar refractivity (Wildman–Crippen MR) is 193 cm³/mol. The number of aryl methyl sites for hydroxylation is 1. The van der Waals surface area contributed by atoms with Gasteiger partial charge in [0.1, 0.15) is 0 Å². The Morgan fingerprint density at radius 1 is 0.391 bits per heavy atom. The van der Waals surface area contributed by atoms with Crippen LogP contribution in [0.5, 0.6) is 0 Å². The smallest absolute Gasteiger partial charge is 0.0541 e. The summed E-state index contributed by atoms with van der Waals surface area (Å²) in [6, 6.07) is 54.7. The molecule has 46 heavy (non-hydrogen) atoms. The van der Waals surface area contributed by atoms with Crippen molar-refractivity contribution in [3.8, 4) is 50.2 Å². The van der Waals surface area contributed by atoms with E-state index in [4.69, 9.17) is 0 Å². The molecule has 0 amide bonds. The molecule has 2 aliphatic carbocycles. The minimum absolute atomic E-state index is 1.00. The van der Waals surface area contributed by atoms with Crippen LogP contribution in [0.25, 0.3) is 72.0 Å². The van der Waals surface area contributed by atoms with Gasteiger partial charge in [0, 0.05) is 16.5 Å². The van der Waals surface area contributed by atoms with Crippen molar-refractivity contribution in [2.24, 2.45) is 0 Å². The van der Waals surface area contributed by atoms with E-state index in [9.17, 15) is 0 Å². The van der Waals surface area contributed by atoms with E-state index in [1.54, 1.807) is 0 Å². The third-order valence-electron chi connectivity index (χ3n) is 10.3. The Kier molecular flexibility index (Phi) is 5.39. The van der Waals surface area contributed by atoms with E-state index in [0.717, 1.165) is 12.8 Å². The van der Waals surface area contributed by atoms with Crippen molar-refractivity contribution in [2.75, 3.05) is 0 Å². The summed E-state index contributed by atoms with van der Waals surface area (Å²) < 4.78 is 2.43. The third-order valence-corrected chi connectivity index (χ3v) is 10.3. The van der Waals surface area contributed by atoms with Crippen molar-refractivity contribution in [2.45, 2.75) is 19.8 Å². The summed E-state index contributed by atoms with van der Waals surface area (Å²) in [6.45, 7) is 2.15. The molecule has 1 heterocycles. The van der Waals surface area contributed by atoms with Crippen LogP contribution in [-0.2, 0) is 12.8 Å². The van der Waals surface area contributed by atoms with Gasteiger partial charge in [-0.2, -0.15) is 0 Å². The molecule has 10 rings (SSSR count). The minimum atomic E-state index is 1.00. The molecule has 0 saturated heterocycles. The Balaban J connectivity index is 1.14. The van der Waals surface area contributed by atoms with Gasteiger partial charge in [-0.15, -0.1) is 0 Å². The highest BCUT2D eigenvalue weighted by Gasteiger charge is 2.21. The number of hydrogen-bond donors (Lipinski definition) is 0. The van der Waals surface area contributed by atoms with Gasteiger partial charge in [0.2, 0.25) is 0 Å². The summed E-state index contributed by atoms with van der Waals surface area (Å²) >= 11 is 0. The molecule has 2 aliphatic rings. The zero-order valence-electron chi connectivity index (χ0n) is 25.7. The van der Waals surface area contributed by atoms with Crippen molar-refractivity contribution >= 4 is 21.8 Å². The van der Waals surface area contributed by atoms with Gasteiger partial charge in [0.05, 0.1) is 11.0 Å². The van der Waals surface area contributed by atoms with Gasteiger partial charge in [0.15, 0.2) is 0 Å². The Hall–Kier alpha value is -5.66. The maximum Gasteiger partial charge on any atom is 0.0541 e. The Morgan fingerprint density at radius 3 is 1.35 bits per heavy atom. The molecule has 7 aromatic carbocycles. The molecule has 8 aromatic rings. The average molecular weight is 586 g/mol. The zero-order valence-corrected chi connectivity index (χ0v) is 25.7. The van der Waals surface area contributed by atoms with E-state index in [2.05, 4.69) is 157 Å². The molecule has 0 unspecified atom stereocenters. The molecular weight excluding hydrogens is 555 g/mol. The number of hydrogen-bond acceptors (Lipinski definition) is 0. The van der Waals surface area contributed by atoms with Crippen LogP contribution in [0, 0.1) is 6.92 Å². The van der Waals surface area contributed by atoms with Crippen molar-refractivity contribution in [1.82, 2.24) is 4.57 Å². The molecule has 1 heteroatoms. The summed E-state index contributed by atoms with van der Waals surface area (Å²) in [5.74, 6) is 0. The SMILES string of the molecule is Cc1ccc(-n2c3ccc(-c4ccc5c(c4)Cc4ccccc4-5)cc3c3cc(-c4ccc5c(c4)Cc4ccccc4-5)ccc32)cc1. The molecule has 216 valence electrons. The average Bonchev–Trinajstić information content (AvgIpc) is 3.77. The lowest BCUT2D eigenvalue weighted by atomic mass is 9.96. The van der Waals surface area contributed by atoms with E-state index in [1.165, 1.54) is 99.8 Å². The Bertz CT molecular complexity index is 2370. The topological polar surface area (TPSA) is 4.93 Å². The summed E-state index contributed by atoms with van der Waals surface area (Å²) in [5.41, 5.74) is 21.2. The summed E-state index contributed by atoms with van der Waals surface area (Å²) in [6.07, 6.45) is 2.01. The Morgan fingerprint density at radius 2 is 0.826 bits per heavy atom. The third kappa shape index (κ3) is 3.82. The lowest BCUT2D eigenvalue weighted by molar-refractivity contribution is 1.17. The summed E-state index contributed by atoms with van der Waals surface area (Å²) in [5, 5.41) is 2.57. The van der Waals surface area contributed by atoms with E-state index in [-0.39, 0.29) is 0 Å². The second-order valence-electron chi connectivity index (χ2n) is 13.0. The normalized spacial score (nSPS) is 12.7. The van der Waals surface area contributed by atoms with Gasteiger partial charge in [-0.1, -0.05) is 115 Å². The van der Waals surface area contributed by atoms with Gasteiger partial charge in [0.25, 0.3) is 0 Å². The van der Waals surface area contributed by atoms with Crippen molar-refractivity contribution < 1.29 is 0 Å². The lowest BCUT2D eigenvalue weighted by Gasteiger charge is -2.10. The van der Waals surface area contributed by atoms with E-state index in [1.807, 2.05) is 0 Å². The molecule has 0 saturated carbocycles. The predicted octanol–water partition coefficient (Wildman–Crippen LogP) is 11.6. The molecule has 0 atom stereocenters. The van der Waals surface area contributed by atoms with Crippen LogP contribution in [0.15, 0.2) is 146 Å². The van der Waals surface area contributed by atoms with Gasteiger partial charge in [-0.05, 0) is 123 Å². The van der Waals surface area contributed by atoms with E-state index in [0.29, 0.717) is 0 Å². The highest BCUT2D eigenvalue weighted by Crippen LogP contribution is 2.42. The second-order valence-corrected chi connectivity index (χ2v) is 13.0. The molecular formula is C45H31N. The van der Waals surface area contributed by atoms with E-state index >= 15 is 0 Å². The number of rotatable bonds is 3. The van der Waals surface area contributed by atoms with Crippen molar-refractivity contribution in [1.29, 1.82) is 0 Å². The maximum absolute atomic E-state index is 2.43. The van der Waals surface area contributed by atoms with Gasteiger partial charge in [-0.3, -0.25) is 0 Å². The minimum Gasteiger partial charge on any atom is -0.309 e. The van der Waals surface area contributed by atoms with Crippen LogP contribution in [0.3, 0.4) is 0 Å². The van der Waals surface area contributed by atoms with Crippen LogP contribution < -0.4 is 0 Å². The fourth-order valence-corrected chi connectivity index (χ4v) is 8.00. The molecule has 0 fully saturated rings. The summed E-state index contributed by atoms with van der Waals surface area (Å²) in [4.78, 5) is 0. The highest BCUT2D eigenvalue weighted by molar-refractivity contribution is 6.11. The molecule has 1 aromatic heterocycles. The lowest BCUT2D eigenvalue weighted by Crippen LogP contribution is -1.94. The quantitative estimate of drug-likeness (QED) is 0.194. The largest absolute Gasteiger partial charge is 0.309 e. The maximum atomic E-state index is 2.43. The fourth-order valence-electron chi connectivity index (χ4n) is 8.00. The van der Waals surface area contributed by atoms with Crippen LogP contribution in [-0.4, -0.2) is 4.57 Å². The first kappa shape index (κ1) is 25.6. The monoisotopic (exact) mass is 585 g/mol. The first-order valence-corrected chi connectivity index (χ1v) is 16.3. The molecule has 0 spiro atoms. The molecule has 0 aliphatic heterocycles. The number of benzene rings is 7. The van der Waals surface area contributed by atoms with Crippen LogP contribution in [0.1, 0.15) is 27.8 Å². The summed E-state index contributed by atoms with van der Waals surface area (Å²) in [7, 11) is 0. The van der Waals surface area contributed by atoms with Crippen molar-refractivity contribution in [3.05, 3.63) is 173 Å². The molecule has 0 N–H and O–H groups in total. The standard InChI is InChI=1S/C45H31N/c1-28-10-16-37(17-11-28)46-44-20-14-31(29-12-18-40-35(22-29)24-33-6-2-4-8-38(33)40)26-42(44)43-27-32(15-21-45(43)46)30-13-19-41-36(23-30)25-34-7-3-5-9-39(34)41/h2-23,26-27H,24-25H2,1H3. The molecule has 0 radical (unpaired) electrons. The Labute approximate surface area is 269 Å². The number of aromatic nitrogens is 1. The number of nitrogens with zero attached hydrogens (tertiary/aromatic N) is 1. The van der Waals surface area contributed by atoms with Gasteiger partial charge < -0.3 is 4.57 Å². The zero-order chi connectivity index (χ0) is 30.4. The molecule has 0 bridgehead atoms. The second kappa shape index (κ2) is 9.67. The first-order chi connectivity index (χ1) is 22.7.